The Labute approximate surface area is 129 Å². The summed E-state index contributed by atoms with van der Waals surface area (Å²) in [6.07, 6.45) is 0. The third-order valence-electron chi connectivity index (χ3n) is 4.00. The quantitative estimate of drug-likeness (QED) is 0.827. The van der Waals surface area contributed by atoms with Crippen LogP contribution >= 0.6 is 0 Å². The molecule has 0 saturated carbocycles. The molecule has 0 N–H and O–H groups in total. The molecule has 1 atom stereocenters. The molecule has 112 valence electrons. The highest BCUT2D eigenvalue weighted by Crippen LogP contribution is 2.39. The summed E-state index contributed by atoms with van der Waals surface area (Å²) in [6.45, 7) is 5.25. The molecule has 1 aliphatic rings. The fourth-order valence-corrected chi connectivity index (χ4v) is 2.73. The number of rotatable bonds is 2. The second kappa shape index (κ2) is 5.05. The number of hydrogen-bond acceptors (Lipinski definition) is 2. The number of benzene rings is 2. The van der Waals surface area contributed by atoms with Crippen LogP contribution in [-0.4, -0.2) is 11.6 Å². The Morgan fingerprint density at radius 1 is 1.05 bits per heavy atom. The Morgan fingerprint density at radius 2 is 1.73 bits per heavy atom. The number of hydrazone groups is 1. The number of aryl methyl sites for hydroxylation is 2. The van der Waals surface area contributed by atoms with Crippen molar-refractivity contribution in [2.24, 2.45) is 5.10 Å². The standard InChI is InChI=1S/C18H17FN2O/c1-12-9-10-13(2)16(11-12)18(19)14(3)20-21(17(18)22)15-7-5-4-6-8-15/h4-11H,1-3H3. The van der Waals surface area contributed by atoms with Crippen LogP contribution in [-0.2, 0) is 10.5 Å². The van der Waals surface area contributed by atoms with E-state index in [1.54, 1.807) is 37.3 Å². The van der Waals surface area contributed by atoms with E-state index in [1.807, 2.05) is 32.0 Å². The van der Waals surface area contributed by atoms with Crippen molar-refractivity contribution in [3.63, 3.8) is 0 Å². The van der Waals surface area contributed by atoms with Gasteiger partial charge in [-0.2, -0.15) is 10.1 Å². The second-order valence-corrected chi connectivity index (χ2v) is 5.61. The van der Waals surface area contributed by atoms with Gasteiger partial charge in [-0.05, 0) is 38.5 Å². The van der Waals surface area contributed by atoms with Crippen LogP contribution in [0.1, 0.15) is 23.6 Å². The van der Waals surface area contributed by atoms with Gasteiger partial charge >= 0.3 is 0 Å². The molecular formula is C18H17FN2O. The number of carbonyl (C=O) groups is 1. The first-order chi connectivity index (χ1) is 10.4. The zero-order valence-corrected chi connectivity index (χ0v) is 12.8. The van der Waals surface area contributed by atoms with Gasteiger partial charge in [-0.15, -0.1) is 0 Å². The van der Waals surface area contributed by atoms with Crippen molar-refractivity contribution in [1.82, 2.24) is 0 Å². The zero-order valence-electron chi connectivity index (χ0n) is 12.8. The fourth-order valence-electron chi connectivity index (χ4n) is 2.73. The average molecular weight is 296 g/mol. The van der Waals surface area contributed by atoms with Crippen molar-refractivity contribution < 1.29 is 9.18 Å². The van der Waals surface area contributed by atoms with E-state index >= 15 is 4.39 Å². The maximum atomic E-state index is 15.7. The van der Waals surface area contributed by atoms with E-state index in [1.165, 1.54) is 0 Å². The minimum Gasteiger partial charge on any atom is -0.268 e. The summed E-state index contributed by atoms with van der Waals surface area (Å²) in [4.78, 5) is 12.7. The topological polar surface area (TPSA) is 32.7 Å². The monoisotopic (exact) mass is 296 g/mol. The highest BCUT2D eigenvalue weighted by molar-refractivity contribution is 6.21. The van der Waals surface area contributed by atoms with Gasteiger partial charge in [0.05, 0.1) is 11.4 Å². The van der Waals surface area contributed by atoms with Gasteiger partial charge in [0.1, 0.15) is 0 Å². The molecular weight excluding hydrogens is 279 g/mol. The van der Waals surface area contributed by atoms with Crippen LogP contribution in [0.25, 0.3) is 0 Å². The minimum atomic E-state index is -2.20. The molecule has 0 aromatic heterocycles. The predicted molar refractivity (Wildman–Crippen MR) is 85.7 cm³/mol. The maximum absolute atomic E-state index is 15.7. The van der Waals surface area contributed by atoms with Crippen molar-refractivity contribution in [1.29, 1.82) is 0 Å². The molecule has 0 aliphatic carbocycles. The molecule has 0 spiro atoms. The third kappa shape index (κ3) is 2.03. The normalized spacial score (nSPS) is 21.2. The molecule has 2 aromatic carbocycles. The largest absolute Gasteiger partial charge is 0.295 e. The van der Waals surface area contributed by atoms with Crippen molar-refractivity contribution in [2.75, 3.05) is 5.01 Å². The van der Waals surface area contributed by atoms with Gasteiger partial charge in [0.25, 0.3) is 11.6 Å². The van der Waals surface area contributed by atoms with Crippen LogP contribution in [0, 0.1) is 13.8 Å². The van der Waals surface area contributed by atoms with Gasteiger partial charge in [-0.3, -0.25) is 4.79 Å². The lowest BCUT2D eigenvalue weighted by atomic mass is 9.87. The van der Waals surface area contributed by atoms with Gasteiger partial charge in [0.2, 0.25) is 0 Å². The first-order valence-electron chi connectivity index (χ1n) is 7.16. The molecule has 4 heteroatoms. The highest BCUT2D eigenvalue weighted by atomic mass is 19.1. The summed E-state index contributed by atoms with van der Waals surface area (Å²) in [6, 6.07) is 14.4. The van der Waals surface area contributed by atoms with Crippen LogP contribution in [0.5, 0.6) is 0 Å². The number of para-hydroxylation sites is 1. The van der Waals surface area contributed by atoms with E-state index in [-0.39, 0.29) is 5.71 Å². The Morgan fingerprint density at radius 3 is 2.41 bits per heavy atom. The second-order valence-electron chi connectivity index (χ2n) is 5.61. The molecule has 22 heavy (non-hydrogen) atoms. The van der Waals surface area contributed by atoms with Crippen LogP contribution in [0.2, 0.25) is 0 Å². The molecule has 3 nitrogen and oxygen atoms in total. The van der Waals surface area contributed by atoms with Gasteiger partial charge in [-0.25, -0.2) is 4.39 Å². The number of carbonyl (C=O) groups excluding carboxylic acids is 1. The molecule has 1 amide bonds. The number of halogens is 1. The van der Waals surface area contributed by atoms with Crippen LogP contribution in [0.3, 0.4) is 0 Å². The molecule has 0 fully saturated rings. The molecule has 3 rings (SSSR count). The average Bonchev–Trinajstić information content (AvgIpc) is 2.75. The van der Waals surface area contributed by atoms with E-state index in [9.17, 15) is 4.79 Å². The van der Waals surface area contributed by atoms with Gasteiger partial charge < -0.3 is 0 Å². The first-order valence-corrected chi connectivity index (χ1v) is 7.16. The predicted octanol–water partition coefficient (Wildman–Crippen LogP) is 3.89. The molecule has 1 heterocycles. The summed E-state index contributed by atoms with van der Waals surface area (Å²) in [5.41, 5.74) is 0.553. The van der Waals surface area contributed by atoms with Crippen LogP contribution in [0.15, 0.2) is 53.6 Å². The summed E-state index contributed by atoms with van der Waals surface area (Å²) in [5, 5.41) is 5.32. The Balaban J connectivity index is 2.11. The van der Waals surface area contributed by atoms with E-state index < -0.39 is 11.6 Å². The first kappa shape index (κ1) is 14.4. The molecule has 0 radical (unpaired) electrons. The number of nitrogens with zero attached hydrogens (tertiary/aromatic N) is 2. The lowest BCUT2D eigenvalue weighted by Crippen LogP contribution is -2.40. The lowest BCUT2D eigenvalue weighted by Gasteiger charge is -2.22. The van der Waals surface area contributed by atoms with Gasteiger partial charge in [0.15, 0.2) is 0 Å². The van der Waals surface area contributed by atoms with Crippen molar-refractivity contribution >= 4 is 17.3 Å². The Bertz CT molecular complexity index is 770. The number of anilines is 1. The Kier molecular flexibility index (Phi) is 3.32. The van der Waals surface area contributed by atoms with E-state index in [2.05, 4.69) is 5.10 Å². The molecule has 1 unspecified atom stereocenters. The fraction of sp³-hybridized carbons (Fsp3) is 0.222. The summed E-state index contributed by atoms with van der Waals surface area (Å²) in [7, 11) is 0. The van der Waals surface area contributed by atoms with Crippen molar-refractivity contribution in [3.05, 3.63) is 65.2 Å². The molecule has 2 aromatic rings. The SMILES string of the molecule is CC1=NN(c2ccccc2)C(=O)C1(F)c1cc(C)ccc1C. The number of amides is 1. The van der Waals surface area contributed by atoms with Crippen LogP contribution in [0.4, 0.5) is 10.1 Å². The highest BCUT2D eigenvalue weighted by Gasteiger charge is 2.52. The minimum absolute atomic E-state index is 0.162. The zero-order chi connectivity index (χ0) is 15.9. The summed E-state index contributed by atoms with van der Waals surface area (Å²) in [5.74, 6) is -0.662. The molecule has 1 aliphatic heterocycles. The Hall–Kier alpha value is -2.49. The van der Waals surface area contributed by atoms with Crippen molar-refractivity contribution in [2.45, 2.75) is 26.4 Å². The maximum Gasteiger partial charge on any atom is 0.295 e. The van der Waals surface area contributed by atoms with Crippen LogP contribution < -0.4 is 5.01 Å². The van der Waals surface area contributed by atoms with Gasteiger partial charge in [-0.1, -0.05) is 42.0 Å². The number of alkyl halides is 1. The lowest BCUT2D eigenvalue weighted by molar-refractivity contribution is -0.125. The third-order valence-corrected chi connectivity index (χ3v) is 4.00. The smallest absolute Gasteiger partial charge is 0.268 e. The molecule has 0 bridgehead atoms. The number of hydrogen-bond donors (Lipinski definition) is 0. The van der Waals surface area contributed by atoms with E-state index in [0.717, 1.165) is 16.1 Å². The van der Waals surface area contributed by atoms with E-state index in [0.29, 0.717) is 11.3 Å². The van der Waals surface area contributed by atoms with Gasteiger partial charge in [0, 0.05) is 5.56 Å². The van der Waals surface area contributed by atoms with Crippen molar-refractivity contribution in [3.8, 4) is 0 Å². The molecule has 0 saturated heterocycles. The summed E-state index contributed by atoms with van der Waals surface area (Å²) >= 11 is 0. The summed E-state index contributed by atoms with van der Waals surface area (Å²) < 4.78 is 15.7. The van der Waals surface area contributed by atoms with E-state index in [4.69, 9.17) is 0 Å².